The Bertz CT molecular complexity index is 348. The zero-order chi connectivity index (χ0) is 13.6. The molecule has 0 radical (unpaired) electrons. The molecule has 0 aromatic rings. The predicted molar refractivity (Wildman–Crippen MR) is 37.6 cm³/mol. The van der Waals surface area contributed by atoms with E-state index in [9.17, 15) is 35.9 Å². The van der Waals surface area contributed by atoms with Gasteiger partial charge >= 0.3 is 30.2 Å². The number of amides is 3. The molecule has 1 rings (SSSR count). The third-order valence-corrected chi connectivity index (χ3v) is 1.99. The molecular formula is C6H4F6N2O3. The van der Waals surface area contributed by atoms with Crippen LogP contribution >= 0.6 is 0 Å². The van der Waals surface area contributed by atoms with Crippen LogP contribution in [0.4, 0.5) is 35.9 Å². The Hall–Kier alpha value is -1.68. The van der Waals surface area contributed by atoms with Gasteiger partial charge in [-0.05, 0) is 0 Å². The van der Waals surface area contributed by atoms with Crippen molar-refractivity contribution in [2.45, 2.75) is 18.1 Å². The van der Waals surface area contributed by atoms with E-state index < -0.39 is 35.1 Å². The molecule has 0 spiro atoms. The lowest BCUT2D eigenvalue weighted by Gasteiger charge is -2.44. The maximum atomic E-state index is 12.5. The number of alkyl carbamates (subject to hydrolysis) is 1. The molecule has 3 amide bonds. The summed E-state index contributed by atoms with van der Waals surface area (Å²) in [6.45, 7) is 0. The lowest BCUT2D eigenvalue weighted by Crippen LogP contribution is -2.75. The van der Waals surface area contributed by atoms with Crippen molar-refractivity contribution in [1.82, 2.24) is 10.2 Å². The van der Waals surface area contributed by atoms with Crippen LogP contribution in [-0.2, 0) is 4.74 Å². The van der Waals surface area contributed by atoms with E-state index in [4.69, 9.17) is 0 Å². The molecule has 0 aromatic heterocycles. The first-order valence-electron chi connectivity index (χ1n) is 3.84. The molecular weight excluding hydrogens is 262 g/mol. The lowest BCUT2D eigenvalue weighted by atomic mass is 10.1. The van der Waals surface area contributed by atoms with Gasteiger partial charge in [0.25, 0.3) is 0 Å². The molecule has 0 unspecified atom stereocenters. The van der Waals surface area contributed by atoms with E-state index in [2.05, 4.69) is 4.74 Å². The number of cyclic esters (lactones) is 1. The van der Waals surface area contributed by atoms with Gasteiger partial charge in [0.2, 0.25) is 0 Å². The summed E-state index contributed by atoms with van der Waals surface area (Å²) < 4.78 is 78.1. The van der Waals surface area contributed by atoms with Gasteiger partial charge in [0, 0.05) is 7.05 Å². The first-order valence-corrected chi connectivity index (χ1v) is 3.84. The number of halogens is 6. The number of rotatable bonds is 0. The number of hydrogen-bond acceptors (Lipinski definition) is 3. The fourth-order valence-corrected chi connectivity index (χ4v) is 1.20. The van der Waals surface area contributed by atoms with Crippen LogP contribution in [0.2, 0.25) is 0 Å². The number of nitrogens with one attached hydrogen (secondary N) is 1. The molecule has 1 aliphatic rings. The second-order valence-electron chi connectivity index (χ2n) is 3.02. The highest BCUT2D eigenvalue weighted by Crippen LogP contribution is 2.48. The monoisotopic (exact) mass is 266 g/mol. The first-order chi connectivity index (χ1) is 7.43. The zero-order valence-corrected chi connectivity index (χ0v) is 7.94. The second-order valence-corrected chi connectivity index (χ2v) is 3.02. The van der Waals surface area contributed by atoms with E-state index in [1.807, 2.05) is 0 Å². The van der Waals surface area contributed by atoms with E-state index in [1.165, 1.54) is 0 Å². The third kappa shape index (κ3) is 1.74. The molecule has 0 bridgehead atoms. The average Bonchev–Trinajstić information content (AvgIpc) is 2.06. The van der Waals surface area contributed by atoms with Crippen LogP contribution in [0, 0.1) is 0 Å². The van der Waals surface area contributed by atoms with Gasteiger partial charge < -0.3 is 4.74 Å². The number of carbonyl (C=O) groups excluding carboxylic acids is 2. The smallest absolute Gasteiger partial charge is 0.403 e. The van der Waals surface area contributed by atoms with E-state index in [1.54, 1.807) is 0 Å². The van der Waals surface area contributed by atoms with Crippen LogP contribution in [0.1, 0.15) is 0 Å². The lowest BCUT2D eigenvalue weighted by molar-refractivity contribution is -0.403. The van der Waals surface area contributed by atoms with E-state index in [-0.39, 0.29) is 7.05 Å². The Labute approximate surface area is 89.3 Å². The number of nitrogens with zero attached hydrogens (tertiary/aromatic N) is 1. The summed E-state index contributed by atoms with van der Waals surface area (Å²) in [5.74, 6) is 0. The van der Waals surface area contributed by atoms with Gasteiger partial charge in [0.1, 0.15) is 0 Å². The van der Waals surface area contributed by atoms with Gasteiger partial charge in [-0.2, -0.15) is 26.3 Å². The molecule has 1 N–H and O–H groups in total. The van der Waals surface area contributed by atoms with Gasteiger partial charge in [-0.25, -0.2) is 14.9 Å². The summed E-state index contributed by atoms with van der Waals surface area (Å²) >= 11 is 0. The molecule has 0 atom stereocenters. The van der Waals surface area contributed by atoms with Gasteiger partial charge in [0.15, 0.2) is 0 Å². The Morgan fingerprint density at radius 2 is 1.53 bits per heavy atom. The summed E-state index contributed by atoms with van der Waals surface area (Å²) in [6, 6.07) is -1.86. The number of hydrogen-bond donors (Lipinski definition) is 1. The second kappa shape index (κ2) is 3.40. The minimum absolute atomic E-state index is 0.211. The molecule has 0 aliphatic carbocycles. The summed E-state index contributed by atoms with van der Waals surface area (Å²) in [6.07, 6.45) is -14.2. The quantitative estimate of drug-likeness (QED) is 0.677. The molecule has 5 nitrogen and oxygen atoms in total. The summed E-state index contributed by atoms with van der Waals surface area (Å²) in [4.78, 5) is 20.6. The van der Waals surface area contributed by atoms with Crippen LogP contribution in [0.5, 0.6) is 0 Å². The predicted octanol–water partition coefficient (Wildman–Crippen LogP) is 1.60. The van der Waals surface area contributed by atoms with E-state index >= 15 is 0 Å². The van der Waals surface area contributed by atoms with Crippen molar-refractivity contribution in [3.63, 3.8) is 0 Å². The number of carbonyl (C=O) groups is 2. The number of ether oxygens (including phenoxy) is 1. The zero-order valence-electron chi connectivity index (χ0n) is 7.94. The maximum Gasteiger partial charge on any atom is 0.459 e. The highest BCUT2D eigenvalue weighted by molar-refractivity contribution is 5.93. The average molecular weight is 266 g/mol. The van der Waals surface area contributed by atoms with Crippen molar-refractivity contribution in [1.29, 1.82) is 0 Å². The highest BCUT2D eigenvalue weighted by atomic mass is 19.4. The first kappa shape index (κ1) is 13.4. The van der Waals surface area contributed by atoms with Crippen LogP contribution in [0.25, 0.3) is 0 Å². The number of urea groups is 1. The Morgan fingerprint density at radius 3 is 1.88 bits per heavy atom. The molecule has 17 heavy (non-hydrogen) atoms. The fourth-order valence-electron chi connectivity index (χ4n) is 1.20. The minimum atomic E-state index is -6.02. The fraction of sp³-hybridized carbons (Fsp3) is 0.667. The van der Waals surface area contributed by atoms with Gasteiger partial charge in [-0.3, -0.25) is 4.90 Å². The summed E-state index contributed by atoms with van der Waals surface area (Å²) in [5, 5.41) is 1.15. The molecule has 0 aromatic carbocycles. The van der Waals surface area contributed by atoms with Crippen molar-refractivity contribution in [2.24, 2.45) is 0 Å². The van der Waals surface area contributed by atoms with Crippen molar-refractivity contribution in [3.8, 4) is 0 Å². The maximum absolute atomic E-state index is 12.5. The molecule has 1 heterocycles. The molecule has 0 saturated carbocycles. The van der Waals surface area contributed by atoms with E-state index in [0.717, 1.165) is 5.32 Å². The molecule has 98 valence electrons. The summed E-state index contributed by atoms with van der Waals surface area (Å²) in [7, 11) is 0.211. The highest BCUT2D eigenvalue weighted by Gasteiger charge is 2.79. The summed E-state index contributed by atoms with van der Waals surface area (Å²) in [5.41, 5.74) is -4.97. The van der Waals surface area contributed by atoms with Crippen molar-refractivity contribution in [3.05, 3.63) is 0 Å². The van der Waals surface area contributed by atoms with E-state index in [0.29, 0.717) is 0 Å². The van der Waals surface area contributed by atoms with Crippen molar-refractivity contribution >= 4 is 12.1 Å². The van der Waals surface area contributed by atoms with Crippen molar-refractivity contribution < 1.29 is 40.7 Å². The van der Waals surface area contributed by atoms with Crippen LogP contribution in [0.15, 0.2) is 0 Å². The Balaban J connectivity index is 3.42. The van der Waals surface area contributed by atoms with Crippen molar-refractivity contribution in [2.75, 3.05) is 7.05 Å². The molecule has 1 saturated heterocycles. The largest absolute Gasteiger partial charge is 0.459 e. The standard InChI is InChI=1S/C6H4F6N2O3/c1-14-2(15)13-3(16)17-4(14,5(7,8)9)6(10,11)12/h1H3,(H,13,15,16). The topological polar surface area (TPSA) is 58.6 Å². The van der Waals surface area contributed by atoms with Gasteiger partial charge in [-0.1, -0.05) is 0 Å². The van der Waals surface area contributed by atoms with Gasteiger partial charge in [-0.15, -0.1) is 0 Å². The van der Waals surface area contributed by atoms with Crippen LogP contribution in [0.3, 0.4) is 0 Å². The number of alkyl halides is 6. The van der Waals surface area contributed by atoms with Crippen LogP contribution < -0.4 is 5.32 Å². The normalized spacial score (nSPS) is 21.0. The Morgan fingerprint density at radius 1 is 1.12 bits per heavy atom. The third-order valence-electron chi connectivity index (χ3n) is 1.99. The molecule has 1 fully saturated rings. The molecule has 11 heteroatoms. The SMILES string of the molecule is CN1C(=O)NC(=O)OC1(C(F)(F)F)C(F)(F)F. The van der Waals surface area contributed by atoms with Crippen LogP contribution in [-0.4, -0.2) is 42.1 Å². The minimum Gasteiger partial charge on any atom is -0.403 e. The van der Waals surface area contributed by atoms with Gasteiger partial charge in [0.05, 0.1) is 0 Å². The molecule has 1 aliphatic heterocycles. The Kier molecular flexibility index (Phi) is 2.68. The number of imide groups is 1.